The predicted molar refractivity (Wildman–Crippen MR) is 144 cm³/mol. The lowest BCUT2D eigenvalue weighted by Gasteiger charge is -2.07. The molecule has 220 valence electrons. The van der Waals surface area contributed by atoms with Gasteiger partial charge < -0.3 is 28.3 Å². The lowest BCUT2D eigenvalue weighted by atomic mass is 10.4. The number of aryl methyl sites for hydroxylation is 2. The van der Waals surface area contributed by atoms with Crippen molar-refractivity contribution in [3.8, 4) is 33.6 Å². The van der Waals surface area contributed by atoms with Crippen molar-refractivity contribution in [3.05, 3.63) is 53.0 Å². The molecular formula is C21H19F3N6O7S4. The van der Waals surface area contributed by atoms with Crippen molar-refractivity contribution in [2.45, 2.75) is 32.2 Å². The SMILES string of the molecule is CCc1sc(-c2ncco2)nc1O.CCc1sc(-c2ncco2)nc1OS(=O)(=O)C(F)(F)F.NC(=S)c1ncco1. The third kappa shape index (κ3) is 8.31. The number of nitrogens with zero attached hydrogens (tertiary/aromatic N) is 5. The van der Waals surface area contributed by atoms with Crippen LogP contribution in [0.25, 0.3) is 21.8 Å². The topological polar surface area (TPSA) is 193 Å². The van der Waals surface area contributed by atoms with E-state index < -0.39 is 21.5 Å². The standard InChI is InChI=1S/C9H7F3N2O4S2.C8H8N2O2S.C4H4N2OS/c1-2-5-6(18-20(15,16)9(10,11)12)14-8(19-5)7-13-3-4-17-7;1-2-5-6(11)10-8(13-5)7-9-3-4-12-7;5-3(8)4-6-1-2-7-4/h3-4H,2H2,1H3;3-4,11H,2H2,1H3;1-2H,(H2,5,8). The maximum atomic E-state index is 12.3. The highest BCUT2D eigenvalue weighted by Crippen LogP contribution is 2.35. The van der Waals surface area contributed by atoms with Crippen LogP contribution in [0.15, 0.2) is 50.6 Å². The molecule has 0 bridgehead atoms. The van der Waals surface area contributed by atoms with E-state index in [2.05, 4.69) is 41.3 Å². The number of thiocarbonyl (C=S) groups is 1. The predicted octanol–water partition coefficient (Wildman–Crippen LogP) is 4.96. The van der Waals surface area contributed by atoms with Crippen LogP contribution in [0.3, 0.4) is 0 Å². The Labute approximate surface area is 243 Å². The number of hydrogen-bond donors (Lipinski definition) is 2. The molecule has 0 radical (unpaired) electrons. The summed E-state index contributed by atoms with van der Waals surface area (Å²) < 4.78 is 77.5. The maximum absolute atomic E-state index is 12.3. The minimum absolute atomic E-state index is 0.0731. The van der Waals surface area contributed by atoms with Gasteiger partial charge in [0.15, 0.2) is 15.0 Å². The molecule has 3 N–H and O–H groups in total. The first-order chi connectivity index (χ1) is 19.4. The minimum atomic E-state index is -5.75. The fourth-order valence-corrected chi connectivity index (χ4v) is 4.84. The summed E-state index contributed by atoms with van der Waals surface area (Å²) in [5.41, 5.74) is -0.376. The number of aromatic hydroxyl groups is 1. The highest BCUT2D eigenvalue weighted by atomic mass is 32.2. The van der Waals surface area contributed by atoms with Crippen LogP contribution in [0.5, 0.6) is 11.8 Å². The van der Waals surface area contributed by atoms with E-state index in [4.69, 9.17) is 19.0 Å². The summed E-state index contributed by atoms with van der Waals surface area (Å²) in [6.45, 7) is 3.59. The number of hydrogen-bond acceptors (Lipinski definition) is 15. The molecule has 0 saturated heterocycles. The highest BCUT2D eigenvalue weighted by molar-refractivity contribution is 7.88. The molecular weight excluding hydrogens is 634 g/mol. The molecule has 5 rings (SSSR count). The normalized spacial score (nSPS) is 11.2. The average Bonchev–Trinajstić information content (AvgIpc) is 3.73. The number of rotatable bonds is 7. The van der Waals surface area contributed by atoms with Gasteiger partial charge in [-0.25, -0.2) is 15.0 Å². The molecule has 5 aromatic heterocycles. The van der Waals surface area contributed by atoms with E-state index in [-0.39, 0.29) is 33.1 Å². The van der Waals surface area contributed by atoms with Crippen molar-refractivity contribution in [1.29, 1.82) is 0 Å². The first kappa shape index (κ1) is 31.6. The van der Waals surface area contributed by atoms with Gasteiger partial charge in [-0.05, 0) is 12.8 Å². The van der Waals surface area contributed by atoms with Gasteiger partial charge in [-0.2, -0.15) is 31.6 Å². The van der Waals surface area contributed by atoms with Crippen LogP contribution < -0.4 is 9.92 Å². The number of nitrogens with two attached hydrogens (primary N) is 1. The second kappa shape index (κ2) is 13.7. The summed E-state index contributed by atoms with van der Waals surface area (Å²) in [5, 5.41) is 10.1. The number of oxazole rings is 3. The van der Waals surface area contributed by atoms with Crippen LogP contribution in [0, 0.1) is 0 Å². The Kier molecular flexibility index (Phi) is 10.5. The Hall–Kier alpha value is -3.88. The first-order valence-corrected chi connectivity index (χ1v) is 14.5. The van der Waals surface area contributed by atoms with Gasteiger partial charge in [-0.3, -0.25) is 0 Å². The van der Waals surface area contributed by atoms with E-state index in [1.54, 1.807) is 13.1 Å². The van der Waals surface area contributed by atoms with Crippen molar-refractivity contribution >= 4 is 50.0 Å². The summed E-state index contributed by atoms with van der Waals surface area (Å²) in [4.78, 5) is 20.3. The molecule has 0 aliphatic heterocycles. The lowest BCUT2D eigenvalue weighted by molar-refractivity contribution is -0.0501. The summed E-state index contributed by atoms with van der Waals surface area (Å²) in [5.74, 6) is 0.327. The van der Waals surface area contributed by atoms with Crippen LogP contribution in [0.2, 0.25) is 0 Å². The average molecular weight is 653 g/mol. The Balaban J connectivity index is 0.000000187. The van der Waals surface area contributed by atoms with Crippen LogP contribution >= 0.6 is 34.9 Å². The van der Waals surface area contributed by atoms with Gasteiger partial charge in [0.1, 0.15) is 18.8 Å². The zero-order chi connectivity index (χ0) is 30.2. The van der Waals surface area contributed by atoms with Gasteiger partial charge in [0.05, 0.1) is 28.3 Å². The Morgan fingerprint density at radius 2 is 1.46 bits per heavy atom. The third-order valence-corrected chi connectivity index (χ3v) is 7.79. The van der Waals surface area contributed by atoms with E-state index in [0.717, 1.165) is 22.6 Å². The van der Waals surface area contributed by atoms with Crippen LogP contribution in [0.4, 0.5) is 13.2 Å². The molecule has 0 aromatic carbocycles. The molecule has 41 heavy (non-hydrogen) atoms. The molecule has 0 aliphatic rings. The summed E-state index contributed by atoms with van der Waals surface area (Å²) in [6, 6.07) is 0. The monoisotopic (exact) mass is 652 g/mol. The second-order valence-corrected chi connectivity index (χ2v) is 11.2. The van der Waals surface area contributed by atoms with Gasteiger partial charge in [0.2, 0.25) is 11.8 Å². The second-order valence-electron chi connectivity index (χ2n) is 7.08. The smallest absolute Gasteiger partial charge is 0.492 e. The molecule has 5 heterocycles. The summed E-state index contributed by atoms with van der Waals surface area (Å²) in [7, 11) is -5.75. The quantitative estimate of drug-likeness (QED) is 0.136. The van der Waals surface area contributed by atoms with Crippen molar-refractivity contribution in [1.82, 2.24) is 24.9 Å². The Morgan fingerprint density at radius 1 is 0.951 bits per heavy atom. The largest absolute Gasteiger partial charge is 0.534 e. The third-order valence-electron chi connectivity index (χ3n) is 4.33. The lowest BCUT2D eigenvalue weighted by Crippen LogP contribution is -2.28. The number of alkyl halides is 3. The van der Waals surface area contributed by atoms with Gasteiger partial charge in [-0.15, -0.1) is 22.7 Å². The van der Waals surface area contributed by atoms with Crippen molar-refractivity contribution < 1.29 is 44.1 Å². The minimum Gasteiger partial charge on any atom is -0.492 e. The van der Waals surface area contributed by atoms with Crippen molar-refractivity contribution in [3.63, 3.8) is 0 Å². The molecule has 0 unspecified atom stereocenters. The number of halogens is 3. The van der Waals surface area contributed by atoms with Gasteiger partial charge in [0.25, 0.3) is 17.7 Å². The molecule has 13 nitrogen and oxygen atoms in total. The molecule has 20 heteroatoms. The van der Waals surface area contributed by atoms with E-state index in [9.17, 15) is 26.7 Å². The molecule has 0 spiro atoms. The molecule has 0 amide bonds. The summed E-state index contributed by atoms with van der Waals surface area (Å²) >= 11 is 6.88. The number of aromatic nitrogens is 5. The first-order valence-electron chi connectivity index (χ1n) is 11.0. The molecule has 0 saturated carbocycles. The maximum Gasteiger partial charge on any atom is 0.534 e. The highest BCUT2D eigenvalue weighted by Gasteiger charge is 2.49. The van der Waals surface area contributed by atoms with Crippen molar-refractivity contribution in [2.75, 3.05) is 0 Å². The van der Waals surface area contributed by atoms with E-state index in [1.165, 1.54) is 42.5 Å². The Morgan fingerprint density at radius 3 is 1.85 bits per heavy atom. The number of thiazole rings is 2. The van der Waals surface area contributed by atoms with Crippen LogP contribution in [-0.2, 0) is 23.0 Å². The van der Waals surface area contributed by atoms with Gasteiger partial charge >= 0.3 is 15.6 Å². The molecule has 0 aliphatic carbocycles. The molecule has 0 atom stereocenters. The fraction of sp³-hybridized carbons (Fsp3) is 0.238. The van der Waals surface area contributed by atoms with Crippen LogP contribution in [0.1, 0.15) is 29.5 Å². The molecule has 5 aromatic rings. The van der Waals surface area contributed by atoms with Gasteiger partial charge in [0, 0.05) is 0 Å². The Bertz CT molecular complexity index is 1630. The van der Waals surface area contributed by atoms with Crippen LogP contribution in [-0.4, -0.2) is 48.9 Å². The van der Waals surface area contributed by atoms with E-state index >= 15 is 0 Å². The summed E-state index contributed by atoms with van der Waals surface area (Å²) in [6.07, 6.45) is 9.57. The van der Waals surface area contributed by atoms with Gasteiger partial charge in [-0.1, -0.05) is 26.1 Å². The van der Waals surface area contributed by atoms with E-state index in [1.807, 2.05) is 6.92 Å². The zero-order valence-electron chi connectivity index (χ0n) is 20.9. The zero-order valence-corrected chi connectivity index (χ0v) is 24.1. The van der Waals surface area contributed by atoms with E-state index in [0.29, 0.717) is 16.8 Å². The molecule has 0 fully saturated rings. The van der Waals surface area contributed by atoms with Crippen molar-refractivity contribution in [2.24, 2.45) is 5.73 Å². The fourth-order valence-electron chi connectivity index (χ4n) is 2.54.